The smallest absolute Gasteiger partial charge is 0.437 e. The molecular formula is CHCl2NO2. The fraction of sp³-hybridized carbons (Fsp3) is 0. The van der Waals surface area contributed by atoms with Crippen molar-refractivity contribution in [2.75, 3.05) is 0 Å². The van der Waals surface area contributed by atoms with Crippen LogP contribution in [0.1, 0.15) is 0 Å². The average molecular weight is 130 g/mol. The summed E-state index contributed by atoms with van der Waals surface area (Å²) in [5.74, 6) is 0. The molecule has 0 aliphatic carbocycles. The zero-order valence-corrected chi connectivity index (χ0v) is 4.07. The first-order valence-corrected chi connectivity index (χ1v) is 1.67. The highest BCUT2D eigenvalue weighted by molar-refractivity contribution is 6.40. The van der Waals surface area contributed by atoms with Crippen molar-refractivity contribution in [1.82, 2.24) is 3.94 Å². The molecule has 0 saturated carbocycles. The maximum atomic E-state index is 9.36. The summed E-state index contributed by atoms with van der Waals surface area (Å²) in [4.78, 5) is 9.36. The largest absolute Gasteiger partial charge is 0.463 e. The number of carboxylic acid groups (broad SMARTS) is 1. The highest BCUT2D eigenvalue weighted by Gasteiger charge is 1.99. The minimum absolute atomic E-state index is 0.0278. The first kappa shape index (κ1) is 5.85. The van der Waals surface area contributed by atoms with Gasteiger partial charge in [0.25, 0.3) is 0 Å². The van der Waals surface area contributed by atoms with E-state index < -0.39 is 6.09 Å². The summed E-state index contributed by atoms with van der Waals surface area (Å²) in [6, 6.07) is 0. The van der Waals surface area contributed by atoms with Gasteiger partial charge in [-0.2, -0.15) is 0 Å². The second kappa shape index (κ2) is 2.10. The van der Waals surface area contributed by atoms with Crippen LogP contribution in [-0.2, 0) is 0 Å². The predicted octanol–water partition coefficient (Wildman–Crippen LogP) is 1.27. The van der Waals surface area contributed by atoms with Crippen LogP contribution >= 0.6 is 23.6 Å². The van der Waals surface area contributed by atoms with E-state index in [2.05, 4.69) is 23.6 Å². The molecule has 0 atom stereocenters. The number of amides is 1. The molecule has 0 radical (unpaired) electrons. The summed E-state index contributed by atoms with van der Waals surface area (Å²) in [5.41, 5.74) is 0. The van der Waals surface area contributed by atoms with E-state index >= 15 is 0 Å². The van der Waals surface area contributed by atoms with Crippen LogP contribution in [0.15, 0.2) is 0 Å². The molecule has 0 bridgehead atoms. The number of hydrogen-bond donors (Lipinski definition) is 1. The van der Waals surface area contributed by atoms with Crippen molar-refractivity contribution < 1.29 is 9.90 Å². The summed E-state index contributed by atoms with van der Waals surface area (Å²) in [7, 11) is 0. The van der Waals surface area contributed by atoms with Gasteiger partial charge in [0, 0.05) is 23.6 Å². The van der Waals surface area contributed by atoms with Crippen molar-refractivity contribution >= 4 is 29.6 Å². The van der Waals surface area contributed by atoms with Gasteiger partial charge in [0.2, 0.25) is 0 Å². The topological polar surface area (TPSA) is 40.5 Å². The summed E-state index contributed by atoms with van der Waals surface area (Å²) in [6.45, 7) is 0. The molecule has 1 amide bonds. The highest BCUT2D eigenvalue weighted by atomic mass is 35.5. The van der Waals surface area contributed by atoms with Crippen LogP contribution in [0.5, 0.6) is 0 Å². The van der Waals surface area contributed by atoms with E-state index in [4.69, 9.17) is 5.11 Å². The van der Waals surface area contributed by atoms with Gasteiger partial charge < -0.3 is 5.11 Å². The Morgan fingerprint density at radius 1 is 1.67 bits per heavy atom. The summed E-state index contributed by atoms with van der Waals surface area (Å²) >= 11 is 9.22. The van der Waals surface area contributed by atoms with Crippen LogP contribution in [0, 0.1) is 0 Å². The molecule has 0 spiro atoms. The number of halogens is 2. The monoisotopic (exact) mass is 129 g/mol. The third-order valence-electron chi connectivity index (χ3n) is 0.145. The highest BCUT2D eigenvalue weighted by Crippen LogP contribution is 1.96. The molecule has 5 heteroatoms. The first-order chi connectivity index (χ1) is 2.64. The minimum atomic E-state index is -1.38. The molecular weight excluding hydrogens is 129 g/mol. The van der Waals surface area contributed by atoms with Gasteiger partial charge in [-0.3, -0.25) is 0 Å². The normalized spacial score (nSPS) is 7.67. The maximum Gasteiger partial charge on any atom is 0.437 e. The van der Waals surface area contributed by atoms with Crippen LogP contribution in [0.25, 0.3) is 0 Å². The van der Waals surface area contributed by atoms with E-state index in [0.717, 1.165) is 0 Å². The van der Waals surface area contributed by atoms with Gasteiger partial charge in [-0.1, -0.05) is 0 Å². The third kappa shape index (κ3) is 2.11. The zero-order chi connectivity index (χ0) is 5.15. The van der Waals surface area contributed by atoms with E-state index in [-0.39, 0.29) is 3.94 Å². The van der Waals surface area contributed by atoms with Crippen molar-refractivity contribution in [2.24, 2.45) is 0 Å². The molecule has 0 aromatic rings. The van der Waals surface area contributed by atoms with E-state index in [1.54, 1.807) is 0 Å². The van der Waals surface area contributed by atoms with Gasteiger partial charge in [0.15, 0.2) is 0 Å². The fourth-order valence-corrected chi connectivity index (χ4v) is 0. The van der Waals surface area contributed by atoms with Crippen LogP contribution in [0.3, 0.4) is 0 Å². The molecule has 0 saturated heterocycles. The molecule has 0 aliphatic heterocycles. The number of carbonyl (C=O) groups is 1. The molecule has 0 fully saturated rings. The maximum absolute atomic E-state index is 9.36. The molecule has 0 heterocycles. The number of hydrogen-bond acceptors (Lipinski definition) is 1. The molecule has 6 heavy (non-hydrogen) atoms. The van der Waals surface area contributed by atoms with Gasteiger partial charge in [0.1, 0.15) is 0 Å². The van der Waals surface area contributed by atoms with Crippen LogP contribution < -0.4 is 0 Å². The molecule has 0 aromatic carbocycles. The quantitative estimate of drug-likeness (QED) is 0.501. The lowest BCUT2D eigenvalue weighted by Gasteiger charge is -1.90. The third-order valence-corrected chi connectivity index (χ3v) is 0.434. The molecule has 36 valence electrons. The fourth-order valence-electron chi connectivity index (χ4n) is 0. The first-order valence-electron chi connectivity index (χ1n) is 0.989. The number of rotatable bonds is 0. The molecule has 0 aromatic heterocycles. The Hall–Kier alpha value is -0.150. The van der Waals surface area contributed by atoms with Crippen molar-refractivity contribution in [1.29, 1.82) is 0 Å². The van der Waals surface area contributed by atoms with Crippen LogP contribution in [-0.4, -0.2) is 15.1 Å². The van der Waals surface area contributed by atoms with Crippen molar-refractivity contribution in [3.8, 4) is 0 Å². The van der Waals surface area contributed by atoms with E-state index in [1.165, 1.54) is 0 Å². The molecule has 1 N–H and O–H groups in total. The summed E-state index contributed by atoms with van der Waals surface area (Å²) in [5, 5.41) is 7.65. The standard InChI is InChI=1S/CHCl2NO2/c2-4(3)1(5)6/h(H,5,6). The SMILES string of the molecule is O=C(O)N(Cl)Cl. The van der Waals surface area contributed by atoms with Gasteiger partial charge in [0.05, 0.1) is 0 Å². The minimum Gasteiger partial charge on any atom is -0.463 e. The Labute approximate surface area is 44.3 Å². The predicted molar refractivity (Wildman–Crippen MR) is 21.6 cm³/mol. The van der Waals surface area contributed by atoms with E-state index in [1.807, 2.05) is 0 Å². The Balaban J connectivity index is 3.26. The van der Waals surface area contributed by atoms with Crippen LogP contribution in [0.2, 0.25) is 0 Å². The lowest BCUT2D eigenvalue weighted by molar-refractivity contribution is 0.188. The van der Waals surface area contributed by atoms with Gasteiger partial charge in [-0.25, -0.2) is 4.79 Å². The Morgan fingerprint density at radius 2 is 1.83 bits per heavy atom. The van der Waals surface area contributed by atoms with Crippen LogP contribution in [0.4, 0.5) is 4.79 Å². The van der Waals surface area contributed by atoms with Crippen molar-refractivity contribution in [3.63, 3.8) is 0 Å². The Morgan fingerprint density at radius 3 is 1.83 bits per heavy atom. The van der Waals surface area contributed by atoms with E-state index in [9.17, 15) is 4.79 Å². The lowest BCUT2D eigenvalue weighted by atomic mass is 11.3. The molecule has 3 nitrogen and oxygen atoms in total. The Bertz CT molecular complexity index is 62.6. The zero-order valence-electron chi connectivity index (χ0n) is 2.56. The summed E-state index contributed by atoms with van der Waals surface area (Å²) < 4.78 is 0.0278. The van der Waals surface area contributed by atoms with Gasteiger partial charge >= 0.3 is 6.09 Å². The molecule has 0 aliphatic rings. The lowest BCUT2D eigenvalue weighted by Crippen LogP contribution is -2.05. The van der Waals surface area contributed by atoms with Gasteiger partial charge in [-0.05, 0) is 0 Å². The van der Waals surface area contributed by atoms with Crippen molar-refractivity contribution in [2.45, 2.75) is 0 Å². The molecule has 0 unspecified atom stereocenters. The van der Waals surface area contributed by atoms with E-state index in [0.29, 0.717) is 0 Å². The second-order valence-electron chi connectivity index (χ2n) is 0.515. The summed E-state index contributed by atoms with van der Waals surface area (Å²) in [6.07, 6.45) is -1.38. The average Bonchev–Trinajstić information content (AvgIpc) is 1.36. The van der Waals surface area contributed by atoms with Crippen molar-refractivity contribution in [3.05, 3.63) is 0 Å². The second-order valence-corrected chi connectivity index (χ2v) is 1.36. The van der Waals surface area contributed by atoms with Gasteiger partial charge in [-0.15, -0.1) is 3.94 Å². The Kier molecular flexibility index (Phi) is 2.05. The number of nitrogens with zero attached hydrogens (tertiary/aromatic N) is 1. The molecule has 0 rings (SSSR count).